The highest BCUT2D eigenvalue weighted by molar-refractivity contribution is 8.00. The van der Waals surface area contributed by atoms with Crippen LogP contribution in [0.5, 0.6) is 0 Å². The van der Waals surface area contributed by atoms with Crippen molar-refractivity contribution in [3.8, 4) is 0 Å². The number of nitrogens with zero attached hydrogens (tertiary/aromatic N) is 2. The quantitative estimate of drug-likeness (QED) is 0.538. The first kappa shape index (κ1) is 16.6. The Hall–Kier alpha value is -1.86. The summed E-state index contributed by atoms with van der Waals surface area (Å²) in [5.41, 5.74) is 1.40. The van der Waals surface area contributed by atoms with Gasteiger partial charge in [0, 0.05) is 10.3 Å². The second-order valence-electron chi connectivity index (χ2n) is 6.16. The minimum Gasteiger partial charge on any atom is -0.467 e. The Bertz CT molecular complexity index is 889. The van der Waals surface area contributed by atoms with Crippen molar-refractivity contribution in [2.75, 3.05) is 5.75 Å². The van der Waals surface area contributed by atoms with E-state index in [1.165, 1.54) is 40.4 Å². The van der Waals surface area contributed by atoms with Crippen LogP contribution in [0, 0.1) is 0 Å². The smallest absolute Gasteiger partial charge is 0.230 e. The van der Waals surface area contributed by atoms with Crippen molar-refractivity contribution in [3.05, 3.63) is 40.9 Å². The molecule has 5 nitrogen and oxygen atoms in total. The van der Waals surface area contributed by atoms with Crippen LogP contribution < -0.4 is 5.32 Å². The van der Waals surface area contributed by atoms with Crippen molar-refractivity contribution in [2.45, 2.75) is 43.7 Å². The number of thioether (sulfide) groups is 1. The van der Waals surface area contributed by atoms with Gasteiger partial charge in [-0.2, -0.15) is 0 Å². The minimum absolute atomic E-state index is 0.0234. The van der Waals surface area contributed by atoms with Gasteiger partial charge in [0.25, 0.3) is 0 Å². The molecule has 25 heavy (non-hydrogen) atoms. The molecule has 0 bridgehead atoms. The summed E-state index contributed by atoms with van der Waals surface area (Å²) in [5, 5.41) is 5.05. The maximum absolute atomic E-state index is 12.3. The van der Waals surface area contributed by atoms with Crippen molar-refractivity contribution >= 4 is 39.2 Å². The first-order chi connectivity index (χ1) is 12.2. The third-order valence-corrected chi connectivity index (χ3v) is 6.59. The van der Waals surface area contributed by atoms with Crippen molar-refractivity contribution in [2.24, 2.45) is 0 Å². The molecule has 0 saturated carbocycles. The van der Waals surface area contributed by atoms with E-state index < -0.39 is 0 Å². The second-order valence-corrected chi connectivity index (χ2v) is 8.21. The molecular formula is C18H19N3O2S2. The number of aryl methyl sites for hydroxylation is 2. The van der Waals surface area contributed by atoms with Crippen LogP contribution in [0.15, 0.2) is 34.2 Å². The molecule has 130 valence electrons. The molecule has 3 heterocycles. The predicted octanol–water partition coefficient (Wildman–Crippen LogP) is 4.13. The predicted molar refractivity (Wildman–Crippen MR) is 100 cm³/mol. The molecule has 0 saturated heterocycles. The van der Waals surface area contributed by atoms with Crippen molar-refractivity contribution in [1.82, 2.24) is 15.3 Å². The van der Waals surface area contributed by atoms with E-state index in [-0.39, 0.29) is 11.9 Å². The molecule has 0 fully saturated rings. The fourth-order valence-corrected chi connectivity index (χ4v) is 5.33. The number of fused-ring (bicyclic) bond motifs is 3. The first-order valence-electron chi connectivity index (χ1n) is 8.43. The maximum Gasteiger partial charge on any atom is 0.230 e. The summed E-state index contributed by atoms with van der Waals surface area (Å²) >= 11 is 3.27. The summed E-state index contributed by atoms with van der Waals surface area (Å²) < 4.78 is 5.33. The van der Waals surface area contributed by atoms with Gasteiger partial charge in [0.05, 0.1) is 18.1 Å². The van der Waals surface area contributed by atoms with Gasteiger partial charge in [-0.15, -0.1) is 11.3 Å². The maximum atomic E-state index is 12.3. The Kier molecular flexibility index (Phi) is 4.76. The van der Waals surface area contributed by atoms with Crippen molar-refractivity contribution in [3.63, 3.8) is 0 Å². The number of furan rings is 1. The van der Waals surface area contributed by atoms with Gasteiger partial charge in [-0.1, -0.05) is 11.8 Å². The SMILES string of the molecule is C[C@H](NC(=O)CSc1ncnc2sc3c(c12)CCCC3)c1ccco1. The fourth-order valence-electron chi connectivity index (χ4n) is 3.20. The summed E-state index contributed by atoms with van der Waals surface area (Å²) in [6.45, 7) is 1.92. The third kappa shape index (κ3) is 3.43. The van der Waals surface area contributed by atoms with Gasteiger partial charge in [0.2, 0.25) is 5.91 Å². The lowest BCUT2D eigenvalue weighted by atomic mass is 9.97. The highest BCUT2D eigenvalue weighted by Gasteiger charge is 2.20. The average molecular weight is 374 g/mol. The minimum atomic E-state index is -0.137. The Morgan fingerprint density at radius 1 is 1.40 bits per heavy atom. The number of carbonyl (C=O) groups excluding carboxylic acids is 1. The van der Waals surface area contributed by atoms with Crippen molar-refractivity contribution < 1.29 is 9.21 Å². The lowest BCUT2D eigenvalue weighted by molar-refractivity contribution is -0.119. The van der Waals surface area contributed by atoms with Gasteiger partial charge in [0.1, 0.15) is 21.9 Å². The van der Waals surface area contributed by atoms with Gasteiger partial charge in [0.15, 0.2) is 0 Å². The highest BCUT2D eigenvalue weighted by atomic mass is 32.2. The summed E-state index contributed by atoms with van der Waals surface area (Å²) in [4.78, 5) is 23.6. The van der Waals surface area contributed by atoms with Crippen LogP contribution in [0.3, 0.4) is 0 Å². The van der Waals surface area contributed by atoms with Gasteiger partial charge in [-0.3, -0.25) is 4.79 Å². The van der Waals surface area contributed by atoms with Gasteiger partial charge in [-0.25, -0.2) is 9.97 Å². The van der Waals surface area contributed by atoms with Crippen molar-refractivity contribution in [1.29, 1.82) is 0 Å². The van der Waals surface area contributed by atoms with Gasteiger partial charge >= 0.3 is 0 Å². The van der Waals surface area contributed by atoms with Crippen LogP contribution >= 0.6 is 23.1 Å². The lowest BCUT2D eigenvalue weighted by Crippen LogP contribution is -2.27. The molecule has 3 aromatic rings. The number of thiophene rings is 1. The molecule has 0 spiro atoms. The van der Waals surface area contributed by atoms with Crippen LogP contribution in [0.1, 0.15) is 42.0 Å². The van der Waals surface area contributed by atoms with Crippen LogP contribution in [-0.4, -0.2) is 21.6 Å². The average Bonchev–Trinajstić information content (AvgIpc) is 3.27. The van der Waals surface area contributed by atoms with E-state index in [2.05, 4.69) is 15.3 Å². The number of rotatable bonds is 5. The zero-order valence-corrected chi connectivity index (χ0v) is 15.6. The number of amides is 1. The molecule has 1 aliphatic rings. The van der Waals surface area contributed by atoms with E-state index in [4.69, 9.17) is 4.42 Å². The standard InChI is InChI=1S/C18H19N3O2S2/c1-11(13-6-4-8-23-13)21-15(22)9-24-17-16-12-5-2-3-7-14(12)25-18(16)20-10-19-17/h4,6,8,10-11H,2-3,5,7,9H2,1H3,(H,21,22)/t11-/m0/s1. The molecular weight excluding hydrogens is 354 g/mol. The number of hydrogen-bond acceptors (Lipinski definition) is 6. The number of aromatic nitrogens is 2. The zero-order valence-electron chi connectivity index (χ0n) is 13.9. The molecule has 1 atom stereocenters. The molecule has 0 radical (unpaired) electrons. The number of hydrogen-bond donors (Lipinski definition) is 1. The first-order valence-corrected chi connectivity index (χ1v) is 10.2. The molecule has 3 aromatic heterocycles. The Morgan fingerprint density at radius 2 is 2.28 bits per heavy atom. The topological polar surface area (TPSA) is 68.0 Å². The van der Waals surface area contributed by atoms with E-state index >= 15 is 0 Å². The molecule has 1 amide bonds. The van der Waals surface area contributed by atoms with E-state index in [1.807, 2.05) is 19.1 Å². The largest absolute Gasteiger partial charge is 0.467 e. The number of carbonyl (C=O) groups is 1. The van der Waals surface area contributed by atoms with Gasteiger partial charge < -0.3 is 9.73 Å². The molecule has 0 aromatic carbocycles. The summed E-state index contributed by atoms with van der Waals surface area (Å²) in [7, 11) is 0. The van der Waals surface area contributed by atoms with Gasteiger partial charge in [-0.05, 0) is 50.3 Å². The number of nitrogens with one attached hydrogen (secondary N) is 1. The Labute approximate surface area is 154 Å². The summed E-state index contributed by atoms with van der Waals surface area (Å²) in [5.74, 6) is 1.07. The van der Waals surface area contributed by atoms with Crippen LogP contribution in [0.25, 0.3) is 10.2 Å². The van der Waals surface area contributed by atoms with Crippen LogP contribution in [0.2, 0.25) is 0 Å². The molecule has 4 rings (SSSR count). The monoisotopic (exact) mass is 373 g/mol. The zero-order chi connectivity index (χ0) is 17.2. The highest BCUT2D eigenvalue weighted by Crippen LogP contribution is 2.39. The second kappa shape index (κ2) is 7.17. The Morgan fingerprint density at radius 3 is 3.12 bits per heavy atom. The third-order valence-electron chi connectivity index (χ3n) is 4.40. The van der Waals surface area contributed by atoms with E-state index in [1.54, 1.807) is 23.9 Å². The Balaban J connectivity index is 1.47. The lowest BCUT2D eigenvalue weighted by Gasteiger charge is -2.12. The summed E-state index contributed by atoms with van der Waals surface area (Å²) in [6.07, 6.45) is 7.93. The molecule has 7 heteroatoms. The van der Waals surface area contributed by atoms with Crippen LogP contribution in [0.4, 0.5) is 0 Å². The molecule has 1 N–H and O–H groups in total. The fraction of sp³-hybridized carbons (Fsp3) is 0.389. The molecule has 0 aliphatic heterocycles. The van der Waals surface area contributed by atoms with E-state index in [0.717, 1.165) is 28.5 Å². The molecule has 0 unspecified atom stereocenters. The summed E-state index contributed by atoms with van der Waals surface area (Å²) in [6, 6.07) is 3.55. The normalized spacial score (nSPS) is 15.1. The van der Waals surface area contributed by atoms with E-state index in [9.17, 15) is 4.79 Å². The van der Waals surface area contributed by atoms with Crippen LogP contribution in [-0.2, 0) is 17.6 Å². The molecule has 1 aliphatic carbocycles. The van der Waals surface area contributed by atoms with E-state index in [0.29, 0.717) is 5.75 Å².